The van der Waals surface area contributed by atoms with Crippen LogP contribution >= 0.6 is 15.9 Å². The molecule has 1 aliphatic rings. The van der Waals surface area contributed by atoms with Crippen molar-refractivity contribution in [2.45, 2.75) is 25.7 Å². The van der Waals surface area contributed by atoms with Gasteiger partial charge >= 0.3 is 6.09 Å². The lowest BCUT2D eigenvalue weighted by atomic mass is 9.91. The van der Waals surface area contributed by atoms with Crippen molar-refractivity contribution in [2.75, 3.05) is 13.1 Å². The van der Waals surface area contributed by atoms with Crippen LogP contribution in [0.4, 0.5) is 4.79 Å². The second kappa shape index (κ2) is 6.23. The molecule has 1 fully saturated rings. The Labute approximate surface area is 116 Å². The first-order valence-corrected chi connectivity index (χ1v) is 7.17. The van der Waals surface area contributed by atoms with Gasteiger partial charge in [-0.2, -0.15) is 0 Å². The van der Waals surface area contributed by atoms with Gasteiger partial charge < -0.3 is 10.0 Å². The van der Waals surface area contributed by atoms with E-state index in [-0.39, 0.29) is 0 Å². The van der Waals surface area contributed by atoms with Gasteiger partial charge in [0.15, 0.2) is 0 Å². The van der Waals surface area contributed by atoms with Gasteiger partial charge in [0.2, 0.25) is 0 Å². The minimum atomic E-state index is -0.777. The molecule has 4 heteroatoms. The number of carboxylic acid groups (broad SMARTS) is 1. The highest BCUT2D eigenvalue weighted by Gasteiger charge is 2.21. The minimum Gasteiger partial charge on any atom is -0.465 e. The van der Waals surface area contributed by atoms with Crippen LogP contribution in [-0.2, 0) is 6.42 Å². The lowest BCUT2D eigenvalue weighted by molar-refractivity contribution is 0.123. The predicted molar refractivity (Wildman–Crippen MR) is 74.8 cm³/mol. The van der Waals surface area contributed by atoms with Crippen LogP contribution in [-0.4, -0.2) is 29.2 Å². The molecule has 0 aliphatic carbocycles. The topological polar surface area (TPSA) is 40.5 Å². The maximum Gasteiger partial charge on any atom is 0.407 e. The van der Waals surface area contributed by atoms with Crippen LogP contribution in [0.1, 0.15) is 24.8 Å². The highest BCUT2D eigenvalue weighted by Crippen LogP contribution is 2.23. The summed E-state index contributed by atoms with van der Waals surface area (Å²) in [5.41, 5.74) is 1.36. The first-order chi connectivity index (χ1) is 8.65. The molecule has 1 N–H and O–H groups in total. The summed E-state index contributed by atoms with van der Waals surface area (Å²) < 4.78 is 1.11. The molecular formula is C14H18BrNO2. The molecule has 1 aliphatic heterocycles. The van der Waals surface area contributed by atoms with Crippen LogP contribution in [0.15, 0.2) is 28.7 Å². The number of halogens is 1. The van der Waals surface area contributed by atoms with Crippen molar-refractivity contribution in [3.63, 3.8) is 0 Å². The van der Waals surface area contributed by atoms with E-state index in [0.717, 1.165) is 30.2 Å². The summed E-state index contributed by atoms with van der Waals surface area (Å²) in [6.45, 7) is 1.39. The van der Waals surface area contributed by atoms with Crippen molar-refractivity contribution in [1.29, 1.82) is 0 Å². The highest BCUT2D eigenvalue weighted by molar-refractivity contribution is 9.10. The molecule has 1 amide bonds. The molecule has 1 saturated heterocycles. The second-order valence-corrected chi connectivity index (χ2v) is 5.79. The lowest BCUT2D eigenvalue weighted by Gasteiger charge is -2.29. The maximum atomic E-state index is 10.8. The Balaban J connectivity index is 1.75. The van der Waals surface area contributed by atoms with Crippen molar-refractivity contribution in [1.82, 2.24) is 4.90 Å². The summed E-state index contributed by atoms with van der Waals surface area (Å²) in [5.74, 6) is 0.671. The van der Waals surface area contributed by atoms with Crippen molar-refractivity contribution in [3.8, 4) is 0 Å². The molecule has 0 unspecified atom stereocenters. The number of hydrogen-bond acceptors (Lipinski definition) is 1. The van der Waals surface area contributed by atoms with Crippen molar-refractivity contribution < 1.29 is 9.90 Å². The fourth-order valence-electron chi connectivity index (χ4n) is 2.43. The zero-order valence-corrected chi connectivity index (χ0v) is 11.9. The Morgan fingerprint density at radius 3 is 2.44 bits per heavy atom. The van der Waals surface area contributed by atoms with E-state index in [1.165, 1.54) is 10.5 Å². The number of hydrogen-bond donors (Lipinski definition) is 1. The number of piperidine rings is 1. The summed E-state index contributed by atoms with van der Waals surface area (Å²) in [7, 11) is 0. The zero-order valence-electron chi connectivity index (χ0n) is 10.3. The van der Waals surface area contributed by atoms with Crippen LogP contribution in [0.2, 0.25) is 0 Å². The van der Waals surface area contributed by atoms with Gasteiger partial charge in [-0.25, -0.2) is 4.79 Å². The summed E-state index contributed by atoms with van der Waals surface area (Å²) in [6.07, 6.45) is 3.48. The number of nitrogens with zero attached hydrogens (tertiary/aromatic N) is 1. The predicted octanol–water partition coefficient (Wildman–Crippen LogP) is 3.77. The molecular weight excluding hydrogens is 294 g/mol. The summed E-state index contributed by atoms with van der Waals surface area (Å²) in [4.78, 5) is 12.3. The fourth-order valence-corrected chi connectivity index (χ4v) is 2.70. The van der Waals surface area contributed by atoms with Crippen LogP contribution in [0.3, 0.4) is 0 Å². The first kappa shape index (κ1) is 13.4. The van der Waals surface area contributed by atoms with E-state index in [1.54, 1.807) is 0 Å². The summed E-state index contributed by atoms with van der Waals surface area (Å²) >= 11 is 3.43. The summed E-state index contributed by atoms with van der Waals surface area (Å²) in [5, 5.41) is 8.88. The third kappa shape index (κ3) is 3.73. The van der Waals surface area contributed by atoms with E-state index in [1.807, 2.05) is 0 Å². The van der Waals surface area contributed by atoms with Gasteiger partial charge in [-0.1, -0.05) is 28.1 Å². The fraction of sp³-hybridized carbons (Fsp3) is 0.500. The van der Waals surface area contributed by atoms with Gasteiger partial charge in [-0.05, 0) is 49.3 Å². The summed E-state index contributed by atoms with van der Waals surface area (Å²) in [6, 6.07) is 8.44. The average Bonchev–Trinajstić information content (AvgIpc) is 2.38. The number of benzene rings is 1. The van der Waals surface area contributed by atoms with Gasteiger partial charge in [0.1, 0.15) is 0 Å². The molecule has 0 saturated carbocycles. The lowest BCUT2D eigenvalue weighted by Crippen LogP contribution is -2.37. The van der Waals surface area contributed by atoms with Crippen molar-refractivity contribution >= 4 is 22.0 Å². The Bertz CT molecular complexity index is 397. The number of carbonyl (C=O) groups is 1. The Morgan fingerprint density at radius 1 is 1.28 bits per heavy atom. The van der Waals surface area contributed by atoms with E-state index >= 15 is 0 Å². The standard InChI is InChI=1S/C14H18BrNO2/c15-13-5-3-11(4-6-13)1-2-12-7-9-16(10-8-12)14(17)18/h3-6,12H,1-2,7-10H2,(H,17,18). The van der Waals surface area contributed by atoms with Gasteiger partial charge in [0, 0.05) is 17.6 Å². The SMILES string of the molecule is O=C(O)N1CCC(CCc2ccc(Br)cc2)CC1. The normalized spacial score (nSPS) is 16.8. The van der Waals surface area contributed by atoms with Crippen LogP contribution in [0.25, 0.3) is 0 Å². The minimum absolute atomic E-state index is 0.671. The van der Waals surface area contributed by atoms with Crippen LogP contribution in [0, 0.1) is 5.92 Å². The van der Waals surface area contributed by atoms with E-state index in [0.29, 0.717) is 19.0 Å². The molecule has 0 atom stereocenters. The second-order valence-electron chi connectivity index (χ2n) is 4.88. The molecule has 18 heavy (non-hydrogen) atoms. The monoisotopic (exact) mass is 311 g/mol. The maximum absolute atomic E-state index is 10.8. The van der Waals surface area contributed by atoms with Gasteiger partial charge in [0.25, 0.3) is 0 Å². The van der Waals surface area contributed by atoms with Crippen molar-refractivity contribution in [2.24, 2.45) is 5.92 Å². The van der Waals surface area contributed by atoms with Crippen LogP contribution < -0.4 is 0 Å². The average molecular weight is 312 g/mol. The molecule has 0 bridgehead atoms. The molecule has 1 aromatic rings. The Hall–Kier alpha value is -1.03. The quantitative estimate of drug-likeness (QED) is 0.923. The largest absolute Gasteiger partial charge is 0.465 e. The molecule has 2 rings (SSSR count). The molecule has 98 valence electrons. The van der Waals surface area contributed by atoms with Gasteiger partial charge in [-0.3, -0.25) is 0 Å². The molecule has 1 heterocycles. The Morgan fingerprint density at radius 2 is 1.89 bits per heavy atom. The smallest absolute Gasteiger partial charge is 0.407 e. The zero-order chi connectivity index (χ0) is 13.0. The van der Waals surface area contributed by atoms with E-state index in [2.05, 4.69) is 40.2 Å². The highest BCUT2D eigenvalue weighted by atomic mass is 79.9. The number of rotatable bonds is 3. The van der Waals surface area contributed by atoms with Crippen molar-refractivity contribution in [3.05, 3.63) is 34.3 Å². The Kier molecular flexibility index (Phi) is 4.64. The van der Waals surface area contributed by atoms with Gasteiger partial charge in [-0.15, -0.1) is 0 Å². The third-order valence-corrected chi connectivity index (χ3v) is 4.17. The molecule has 0 aromatic heterocycles. The molecule has 0 spiro atoms. The number of amides is 1. The first-order valence-electron chi connectivity index (χ1n) is 6.37. The van der Waals surface area contributed by atoms with E-state index in [4.69, 9.17) is 5.11 Å². The molecule has 3 nitrogen and oxygen atoms in total. The number of likely N-dealkylation sites (tertiary alicyclic amines) is 1. The van der Waals surface area contributed by atoms with Crippen LogP contribution in [0.5, 0.6) is 0 Å². The van der Waals surface area contributed by atoms with E-state index < -0.39 is 6.09 Å². The number of aryl methyl sites for hydroxylation is 1. The van der Waals surface area contributed by atoms with E-state index in [9.17, 15) is 4.79 Å². The molecule has 1 aromatic carbocycles. The third-order valence-electron chi connectivity index (χ3n) is 3.64. The van der Waals surface area contributed by atoms with Gasteiger partial charge in [0.05, 0.1) is 0 Å². The molecule has 0 radical (unpaired) electrons.